The van der Waals surface area contributed by atoms with Crippen LogP contribution in [0.25, 0.3) is 0 Å². The molecule has 1 aromatic carbocycles. The van der Waals surface area contributed by atoms with Crippen LogP contribution in [-0.2, 0) is 0 Å². The molecule has 0 atom stereocenters. The molecule has 1 amide bonds. The summed E-state index contributed by atoms with van der Waals surface area (Å²) in [6, 6.07) is 3.95. The Morgan fingerprint density at radius 2 is 2.05 bits per heavy atom. The van der Waals surface area contributed by atoms with Gasteiger partial charge in [0.1, 0.15) is 5.56 Å². The minimum Gasteiger partial charge on any atom is -0.399 e. The highest BCUT2D eigenvalue weighted by Crippen LogP contribution is 2.21. The van der Waals surface area contributed by atoms with Gasteiger partial charge in [0.25, 0.3) is 11.6 Å². The van der Waals surface area contributed by atoms with Crippen LogP contribution in [0.5, 0.6) is 0 Å². The number of nitrogens with one attached hydrogen (secondary N) is 1. The number of rotatable bonds is 5. The molecule has 3 N–H and O–H groups in total. The van der Waals surface area contributed by atoms with Crippen molar-refractivity contribution >= 4 is 17.3 Å². The summed E-state index contributed by atoms with van der Waals surface area (Å²) >= 11 is 0. The summed E-state index contributed by atoms with van der Waals surface area (Å²) in [6.45, 7) is 4.28. The number of carbonyl (C=O) groups is 1. The molecule has 0 radical (unpaired) electrons. The third kappa shape index (κ3) is 3.67. The van der Waals surface area contributed by atoms with Gasteiger partial charge in [-0.05, 0) is 40.1 Å². The number of hydrogen-bond donors (Lipinski definition) is 2. The van der Waals surface area contributed by atoms with Crippen LogP contribution >= 0.6 is 0 Å². The lowest BCUT2D eigenvalue weighted by atomic mass is 10.0. The molecular weight excluding hydrogens is 260 g/mol. The van der Waals surface area contributed by atoms with Crippen molar-refractivity contribution in [2.45, 2.75) is 19.4 Å². The summed E-state index contributed by atoms with van der Waals surface area (Å²) in [5.74, 6) is -0.501. The predicted octanol–water partition coefficient (Wildman–Crippen LogP) is 1.25. The Morgan fingerprint density at radius 3 is 2.55 bits per heavy atom. The van der Waals surface area contributed by atoms with Crippen LogP contribution in [0.15, 0.2) is 18.2 Å². The third-order valence-electron chi connectivity index (χ3n) is 3.35. The molecule has 0 aliphatic carbocycles. The fourth-order valence-corrected chi connectivity index (χ4v) is 1.44. The molecule has 0 aliphatic rings. The average molecular weight is 280 g/mol. The minimum atomic E-state index is -0.592. The van der Waals surface area contributed by atoms with Gasteiger partial charge in [0, 0.05) is 23.8 Å². The van der Waals surface area contributed by atoms with Crippen LogP contribution in [0.4, 0.5) is 11.4 Å². The van der Waals surface area contributed by atoms with Crippen LogP contribution in [0.2, 0.25) is 0 Å². The number of nitrogen functional groups attached to an aromatic ring is 1. The Bertz CT molecular complexity index is 526. The van der Waals surface area contributed by atoms with Crippen molar-refractivity contribution < 1.29 is 9.72 Å². The molecule has 0 aliphatic heterocycles. The summed E-state index contributed by atoms with van der Waals surface area (Å²) in [7, 11) is 3.80. The van der Waals surface area contributed by atoms with E-state index in [0.717, 1.165) is 0 Å². The monoisotopic (exact) mass is 280 g/mol. The molecule has 0 aromatic heterocycles. The number of hydrogen-bond acceptors (Lipinski definition) is 5. The highest BCUT2D eigenvalue weighted by atomic mass is 16.6. The second-order valence-corrected chi connectivity index (χ2v) is 5.42. The molecule has 20 heavy (non-hydrogen) atoms. The number of likely N-dealkylation sites (N-methyl/N-ethyl adjacent to an activating group) is 1. The van der Waals surface area contributed by atoms with Gasteiger partial charge in [0.2, 0.25) is 0 Å². The van der Waals surface area contributed by atoms with Gasteiger partial charge < -0.3 is 16.0 Å². The lowest BCUT2D eigenvalue weighted by Crippen LogP contribution is -2.48. The zero-order valence-electron chi connectivity index (χ0n) is 12.1. The molecule has 0 heterocycles. The maximum absolute atomic E-state index is 12.1. The molecule has 7 nitrogen and oxygen atoms in total. The normalized spacial score (nSPS) is 11.4. The van der Waals surface area contributed by atoms with E-state index in [4.69, 9.17) is 5.73 Å². The predicted molar refractivity (Wildman–Crippen MR) is 77.6 cm³/mol. The average Bonchev–Trinajstić information content (AvgIpc) is 2.35. The molecule has 0 spiro atoms. The van der Waals surface area contributed by atoms with E-state index in [-0.39, 0.29) is 16.8 Å². The molecule has 1 rings (SSSR count). The van der Waals surface area contributed by atoms with E-state index in [2.05, 4.69) is 5.32 Å². The minimum absolute atomic E-state index is 0.0236. The van der Waals surface area contributed by atoms with Gasteiger partial charge in [-0.15, -0.1) is 0 Å². The number of nitrogens with zero attached hydrogens (tertiary/aromatic N) is 2. The van der Waals surface area contributed by atoms with Gasteiger partial charge in [0.05, 0.1) is 4.92 Å². The van der Waals surface area contributed by atoms with E-state index in [1.165, 1.54) is 18.2 Å². The number of carbonyl (C=O) groups excluding carboxylic acids is 1. The van der Waals surface area contributed by atoms with Gasteiger partial charge >= 0.3 is 0 Å². The van der Waals surface area contributed by atoms with Crippen molar-refractivity contribution in [3.63, 3.8) is 0 Å². The van der Waals surface area contributed by atoms with Crippen LogP contribution in [-0.4, -0.2) is 41.9 Å². The summed E-state index contributed by atoms with van der Waals surface area (Å²) in [5.41, 5.74) is 5.36. The quantitative estimate of drug-likeness (QED) is 0.480. The van der Waals surface area contributed by atoms with Gasteiger partial charge in [0.15, 0.2) is 0 Å². The molecule has 0 bridgehead atoms. The number of nitro benzene ring substituents is 1. The standard InChI is InChI=1S/C13H20N4O3/c1-13(2,16(3)4)8-15-12(18)10-7-9(14)5-6-11(10)17(19)20/h5-7H,8,14H2,1-4H3,(H,15,18). The van der Waals surface area contributed by atoms with E-state index in [1.54, 1.807) is 0 Å². The fourth-order valence-electron chi connectivity index (χ4n) is 1.44. The summed E-state index contributed by atoms with van der Waals surface area (Å²) < 4.78 is 0. The molecule has 0 saturated carbocycles. The maximum atomic E-state index is 12.1. The van der Waals surface area contributed by atoms with E-state index in [1.807, 2.05) is 32.8 Å². The maximum Gasteiger partial charge on any atom is 0.282 e. The Balaban J connectivity index is 2.93. The fraction of sp³-hybridized carbons (Fsp3) is 0.462. The van der Waals surface area contributed by atoms with E-state index in [0.29, 0.717) is 12.2 Å². The highest BCUT2D eigenvalue weighted by molar-refractivity contribution is 5.99. The first-order chi connectivity index (χ1) is 9.15. The number of benzene rings is 1. The lowest BCUT2D eigenvalue weighted by molar-refractivity contribution is -0.385. The zero-order valence-corrected chi connectivity index (χ0v) is 12.1. The summed E-state index contributed by atoms with van der Waals surface area (Å²) in [5, 5.41) is 13.6. The Kier molecular flexibility index (Phi) is 4.67. The molecule has 110 valence electrons. The van der Waals surface area contributed by atoms with Crippen LogP contribution in [0, 0.1) is 10.1 Å². The zero-order chi connectivity index (χ0) is 15.5. The number of anilines is 1. The van der Waals surface area contributed by atoms with Crippen molar-refractivity contribution in [2.24, 2.45) is 0 Å². The summed E-state index contributed by atoms with van der Waals surface area (Å²) in [4.78, 5) is 24.4. The molecule has 0 saturated heterocycles. The number of nitro groups is 1. The van der Waals surface area contributed by atoms with Crippen molar-refractivity contribution in [1.82, 2.24) is 10.2 Å². The van der Waals surface area contributed by atoms with Gasteiger partial charge in [-0.2, -0.15) is 0 Å². The summed E-state index contributed by atoms with van der Waals surface area (Å²) in [6.07, 6.45) is 0. The van der Waals surface area contributed by atoms with E-state index < -0.39 is 10.8 Å². The molecular formula is C13H20N4O3. The smallest absolute Gasteiger partial charge is 0.282 e. The Hall–Kier alpha value is -2.15. The van der Waals surface area contributed by atoms with Crippen LogP contribution in [0.1, 0.15) is 24.2 Å². The lowest BCUT2D eigenvalue weighted by Gasteiger charge is -2.32. The van der Waals surface area contributed by atoms with Crippen molar-refractivity contribution in [1.29, 1.82) is 0 Å². The van der Waals surface area contributed by atoms with Gasteiger partial charge in [-0.25, -0.2) is 0 Å². The first kappa shape index (κ1) is 15.9. The Labute approximate surface area is 117 Å². The van der Waals surface area contributed by atoms with Crippen molar-refractivity contribution in [3.05, 3.63) is 33.9 Å². The molecule has 0 unspecified atom stereocenters. The third-order valence-corrected chi connectivity index (χ3v) is 3.35. The second kappa shape index (κ2) is 5.87. The topological polar surface area (TPSA) is 102 Å². The van der Waals surface area contributed by atoms with Crippen LogP contribution in [0.3, 0.4) is 0 Å². The number of nitrogens with two attached hydrogens (primary N) is 1. The molecule has 1 aromatic rings. The first-order valence-corrected chi connectivity index (χ1v) is 6.14. The van der Waals surface area contributed by atoms with Crippen molar-refractivity contribution in [3.8, 4) is 0 Å². The largest absolute Gasteiger partial charge is 0.399 e. The SMILES string of the molecule is CN(C)C(C)(C)CNC(=O)c1cc(N)ccc1[N+](=O)[O-]. The van der Waals surface area contributed by atoms with E-state index in [9.17, 15) is 14.9 Å². The molecule has 7 heteroatoms. The first-order valence-electron chi connectivity index (χ1n) is 6.14. The Morgan fingerprint density at radius 1 is 1.45 bits per heavy atom. The molecule has 0 fully saturated rings. The van der Waals surface area contributed by atoms with E-state index >= 15 is 0 Å². The highest BCUT2D eigenvalue weighted by Gasteiger charge is 2.24. The second-order valence-electron chi connectivity index (χ2n) is 5.42. The van der Waals surface area contributed by atoms with Gasteiger partial charge in [-0.3, -0.25) is 14.9 Å². The van der Waals surface area contributed by atoms with Gasteiger partial charge in [-0.1, -0.05) is 0 Å². The van der Waals surface area contributed by atoms with Crippen molar-refractivity contribution in [2.75, 3.05) is 26.4 Å². The number of amides is 1. The van der Waals surface area contributed by atoms with Crippen LogP contribution < -0.4 is 11.1 Å².